The van der Waals surface area contributed by atoms with Gasteiger partial charge in [-0.05, 0) is 30.0 Å². The summed E-state index contributed by atoms with van der Waals surface area (Å²) in [6.07, 6.45) is 9.73. The molecule has 0 fully saturated rings. The molecule has 3 heterocycles. The van der Waals surface area contributed by atoms with Gasteiger partial charge in [0.1, 0.15) is 6.67 Å². The molecule has 1 aliphatic rings. The van der Waals surface area contributed by atoms with Crippen LogP contribution in [0.3, 0.4) is 0 Å². The zero-order chi connectivity index (χ0) is 21.6. The summed E-state index contributed by atoms with van der Waals surface area (Å²) in [6.45, 7) is 0.681. The fourth-order valence-electron chi connectivity index (χ4n) is 3.60. The molecule has 2 N–H and O–H groups in total. The molecule has 31 heavy (non-hydrogen) atoms. The van der Waals surface area contributed by atoms with Crippen LogP contribution < -0.4 is 10.9 Å². The lowest BCUT2D eigenvalue weighted by Gasteiger charge is -2.30. The second kappa shape index (κ2) is 9.30. The Morgan fingerprint density at radius 1 is 1.06 bits per heavy atom. The monoisotopic (exact) mass is 416 g/mol. The normalized spacial score (nSPS) is 13.3. The Bertz CT molecular complexity index is 1150. The van der Waals surface area contributed by atoms with Gasteiger partial charge in [-0.25, -0.2) is 0 Å². The van der Waals surface area contributed by atoms with E-state index < -0.39 is 11.2 Å². The van der Waals surface area contributed by atoms with Crippen LogP contribution in [0.2, 0.25) is 0 Å². The van der Waals surface area contributed by atoms with E-state index in [1.54, 1.807) is 0 Å². The van der Waals surface area contributed by atoms with Crippen LogP contribution in [0.5, 0.6) is 5.75 Å². The van der Waals surface area contributed by atoms with Gasteiger partial charge in [-0.15, -0.1) is 0 Å². The largest absolute Gasteiger partial charge is 0.502 e. The number of fused-ring (bicyclic) bond motifs is 1. The molecule has 0 aliphatic carbocycles. The highest BCUT2D eigenvalue weighted by molar-refractivity contribution is 5.96. The average Bonchev–Trinajstić information content (AvgIpc) is 2.79. The maximum Gasteiger partial charge on any atom is 0.278 e. The third-order valence-corrected chi connectivity index (χ3v) is 5.27. The number of amides is 1. The molecule has 7 heteroatoms. The zero-order valence-electron chi connectivity index (χ0n) is 17.1. The summed E-state index contributed by atoms with van der Waals surface area (Å²) in [4.78, 5) is 30.4. The van der Waals surface area contributed by atoms with Gasteiger partial charge in [-0.2, -0.15) is 0 Å². The minimum Gasteiger partial charge on any atom is -0.502 e. The van der Waals surface area contributed by atoms with Gasteiger partial charge < -0.3 is 15.4 Å². The standard InChI is InChI=1S/C24H24N4O3/c29-21-12-15-28-22(23(21)30)24(31)27(17-26-28)14-6-2-5-10-19-11-7-13-25-20(19)16-18-8-3-1-4-9-18/h1-4,6-9,11-13,15,26,30H,5,10,14,16-17H2/b6-2-. The molecule has 0 atom stereocenters. The number of carbonyl (C=O) groups is 1. The number of allylic oxidation sites excluding steroid dienone is 1. The summed E-state index contributed by atoms with van der Waals surface area (Å²) < 4.78 is 1.38. The minimum absolute atomic E-state index is 0.0342. The Hall–Kier alpha value is -3.87. The highest BCUT2D eigenvalue weighted by Gasteiger charge is 2.27. The molecule has 0 radical (unpaired) electrons. The van der Waals surface area contributed by atoms with E-state index in [0.29, 0.717) is 13.2 Å². The molecule has 158 valence electrons. The topological polar surface area (TPSA) is 87.5 Å². The van der Waals surface area contributed by atoms with Crippen LogP contribution in [-0.2, 0) is 12.8 Å². The molecule has 0 saturated carbocycles. The SMILES string of the molecule is O=C1c2c(O)c(=O)ccn2NCN1C/C=C\CCc1cccnc1Cc1ccccc1. The second-order valence-corrected chi connectivity index (χ2v) is 7.37. The van der Waals surface area contributed by atoms with Crippen molar-refractivity contribution >= 4 is 5.91 Å². The van der Waals surface area contributed by atoms with Gasteiger partial charge in [-0.3, -0.25) is 19.2 Å². The molecule has 0 saturated heterocycles. The van der Waals surface area contributed by atoms with Gasteiger partial charge in [0.05, 0.1) is 0 Å². The summed E-state index contributed by atoms with van der Waals surface area (Å²) in [7, 11) is 0. The van der Waals surface area contributed by atoms with Crippen molar-refractivity contribution in [3.8, 4) is 5.75 Å². The number of nitrogens with one attached hydrogen (secondary N) is 1. The lowest BCUT2D eigenvalue weighted by atomic mass is 10.0. The number of carbonyl (C=O) groups excluding carboxylic acids is 1. The van der Waals surface area contributed by atoms with Gasteiger partial charge in [0.15, 0.2) is 11.4 Å². The first-order valence-corrected chi connectivity index (χ1v) is 10.2. The van der Waals surface area contributed by atoms with E-state index in [-0.39, 0.29) is 11.6 Å². The Kier molecular flexibility index (Phi) is 6.12. The quantitative estimate of drug-likeness (QED) is 0.579. The first-order valence-electron chi connectivity index (χ1n) is 10.2. The first kappa shape index (κ1) is 20.4. The molecule has 4 rings (SSSR count). The maximum absolute atomic E-state index is 12.6. The number of benzene rings is 1. The van der Waals surface area contributed by atoms with Crippen LogP contribution in [0, 0.1) is 0 Å². The summed E-state index contributed by atoms with van der Waals surface area (Å²) >= 11 is 0. The Morgan fingerprint density at radius 3 is 2.74 bits per heavy atom. The highest BCUT2D eigenvalue weighted by atomic mass is 16.3. The third kappa shape index (κ3) is 4.66. The van der Waals surface area contributed by atoms with Crippen molar-refractivity contribution < 1.29 is 9.90 Å². The van der Waals surface area contributed by atoms with Crippen molar-refractivity contribution in [1.29, 1.82) is 0 Å². The van der Waals surface area contributed by atoms with Crippen molar-refractivity contribution in [2.45, 2.75) is 19.3 Å². The van der Waals surface area contributed by atoms with E-state index in [0.717, 1.165) is 25.0 Å². The van der Waals surface area contributed by atoms with E-state index in [1.165, 1.54) is 33.0 Å². The lowest BCUT2D eigenvalue weighted by Crippen LogP contribution is -2.46. The fraction of sp³-hybridized carbons (Fsp3) is 0.208. The van der Waals surface area contributed by atoms with E-state index in [9.17, 15) is 14.7 Å². The van der Waals surface area contributed by atoms with Crippen molar-refractivity contribution in [2.75, 3.05) is 18.6 Å². The van der Waals surface area contributed by atoms with Gasteiger partial charge in [0.2, 0.25) is 5.43 Å². The van der Waals surface area contributed by atoms with Gasteiger partial charge in [0, 0.05) is 37.1 Å². The minimum atomic E-state index is -0.568. The van der Waals surface area contributed by atoms with Crippen LogP contribution >= 0.6 is 0 Å². The van der Waals surface area contributed by atoms with E-state index in [2.05, 4.69) is 28.6 Å². The fourth-order valence-corrected chi connectivity index (χ4v) is 3.60. The van der Waals surface area contributed by atoms with Crippen LogP contribution in [-0.4, -0.2) is 38.8 Å². The van der Waals surface area contributed by atoms with Crippen LogP contribution in [0.1, 0.15) is 33.7 Å². The van der Waals surface area contributed by atoms with Crippen molar-refractivity contribution in [3.63, 3.8) is 0 Å². The van der Waals surface area contributed by atoms with Crippen molar-refractivity contribution in [2.24, 2.45) is 0 Å². The summed E-state index contributed by atoms with van der Waals surface area (Å²) in [5.41, 5.74) is 5.91. The third-order valence-electron chi connectivity index (χ3n) is 5.27. The predicted octanol–water partition coefficient (Wildman–Crippen LogP) is 2.69. The van der Waals surface area contributed by atoms with Gasteiger partial charge >= 0.3 is 0 Å². The smallest absolute Gasteiger partial charge is 0.278 e. The number of aromatic nitrogens is 2. The first-order chi connectivity index (χ1) is 15.1. The number of nitrogens with zero attached hydrogens (tertiary/aromatic N) is 3. The Balaban J connectivity index is 1.34. The summed E-state index contributed by atoms with van der Waals surface area (Å²) in [6, 6.07) is 15.6. The number of pyridine rings is 2. The average molecular weight is 416 g/mol. The predicted molar refractivity (Wildman–Crippen MR) is 119 cm³/mol. The Labute approximate surface area is 180 Å². The summed E-state index contributed by atoms with van der Waals surface area (Å²) in [5, 5.41) is 9.95. The Morgan fingerprint density at radius 2 is 1.90 bits per heavy atom. The number of hydrogen-bond donors (Lipinski definition) is 2. The molecule has 0 spiro atoms. The molecule has 1 aromatic carbocycles. The van der Waals surface area contributed by atoms with Crippen LogP contribution in [0.4, 0.5) is 0 Å². The number of aryl methyl sites for hydroxylation is 1. The van der Waals surface area contributed by atoms with Crippen molar-refractivity contribution in [3.05, 3.63) is 106 Å². The molecule has 3 aromatic rings. The molecule has 7 nitrogen and oxygen atoms in total. The van der Waals surface area contributed by atoms with Crippen LogP contribution in [0.25, 0.3) is 0 Å². The number of hydrogen-bond acceptors (Lipinski definition) is 5. The zero-order valence-corrected chi connectivity index (χ0v) is 17.1. The number of aromatic hydroxyl groups is 1. The van der Waals surface area contributed by atoms with Gasteiger partial charge in [-0.1, -0.05) is 48.6 Å². The highest BCUT2D eigenvalue weighted by Crippen LogP contribution is 2.17. The lowest BCUT2D eigenvalue weighted by molar-refractivity contribution is 0.0741. The number of rotatable bonds is 7. The van der Waals surface area contributed by atoms with Crippen molar-refractivity contribution in [1.82, 2.24) is 14.6 Å². The molecular weight excluding hydrogens is 392 g/mol. The van der Waals surface area contributed by atoms with Crippen LogP contribution in [0.15, 0.2) is 77.9 Å². The molecule has 0 bridgehead atoms. The van der Waals surface area contributed by atoms with Gasteiger partial charge in [0.25, 0.3) is 5.91 Å². The molecule has 1 aliphatic heterocycles. The molecule has 0 unspecified atom stereocenters. The molecule has 2 aromatic heterocycles. The maximum atomic E-state index is 12.6. The second-order valence-electron chi connectivity index (χ2n) is 7.37. The van der Waals surface area contributed by atoms with E-state index in [1.807, 2.05) is 42.6 Å². The van der Waals surface area contributed by atoms with E-state index in [4.69, 9.17) is 0 Å². The summed E-state index contributed by atoms with van der Waals surface area (Å²) in [5.74, 6) is -0.910. The molecular formula is C24H24N4O3. The van der Waals surface area contributed by atoms with E-state index >= 15 is 0 Å². The molecule has 1 amide bonds.